The third kappa shape index (κ3) is 5.86. The van der Waals surface area contributed by atoms with E-state index in [9.17, 15) is 0 Å². The molecule has 2 aliphatic carbocycles. The Morgan fingerprint density at radius 1 is 0.688 bits per heavy atom. The summed E-state index contributed by atoms with van der Waals surface area (Å²) in [6, 6.07) is 0. The van der Waals surface area contributed by atoms with Crippen molar-refractivity contribution in [1.29, 1.82) is 0 Å². The van der Waals surface area contributed by atoms with Gasteiger partial charge in [0.25, 0.3) is 0 Å². The predicted molar refractivity (Wildman–Crippen MR) is 67.3 cm³/mol. The molecule has 0 spiro atoms. The molecule has 2 saturated carbocycles. The molecule has 0 aromatic rings. The number of hydrogen-bond acceptors (Lipinski definition) is 2. The second-order valence-corrected chi connectivity index (χ2v) is 5.85. The fourth-order valence-corrected chi connectivity index (χ4v) is 2.80. The molecular weight excluding hydrogens is 200 g/mol. The molecule has 4 atom stereocenters. The summed E-state index contributed by atoms with van der Waals surface area (Å²) in [6.07, 6.45) is 9.23. The third-order valence-corrected chi connectivity index (χ3v) is 3.82. The molecule has 0 radical (unpaired) electrons. The van der Waals surface area contributed by atoms with E-state index in [1.54, 1.807) is 0 Å². The largest absolute Gasteiger partial charge is 0.393 e. The van der Waals surface area contributed by atoms with Crippen LogP contribution in [0.25, 0.3) is 0 Å². The van der Waals surface area contributed by atoms with Crippen molar-refractivity contribution in [1.82, 2.24) is 0 Å². The highest BCUT2D eigenvalue weighted by atomic mass is 16.3. The number of aliphatic hydroxyl groups excluding tert-OH is 2. The molecule has 2 heteroatoms. The van der Waals surface area contributed by atoms with Gasteiger partial charge in [-0.3, -0.25) is 0 Å². The molecule has 2 aliphatic rings. The van der Waals surface area contributed by atoms with Gasteiger partial charge in [0.2, 0.25) is 0 Å². The Bertz CT molecular complexity index is 146. The van der Waals surface area contributed by atoms with Crippen LogP contribution in [-0.4, -0.2) is 22.4 Å². The lowest BCUT2D eigenvalue weighted by molar-refractivity contribution is 0.106. The summed E-state index contributed by atoms with van der Waals surface area (Å²) in [5, 5.41) is 18.2. The van der Waals surface area contributed by atoms with Crippen molar-refractivity contribution in [3.8, 4) is 0 Å². The lowest BCUT2D eigenvalue weighted by atomic mass is 9.89. The van der Waals surface area contributed by atoms with Gasteiger partial charge in [-0.15, -0.1) is 0 Å². The zero-order valence-corrected chi connectivity index (χ0v) is 10.9. The second-order valence-electron chi connectivity index (χ2n) is 5.85. The maximum atomic E-state index is 9.08. The van der Waals surface area contributed by atoms with Gasteiger partial charge in [-0.1, -0.05) is 39.5 Å². The van der Waals surface area contributed by atoms with E-state index in [4.69, 9.17) is 10.2 Å². The van der Waals surface area contributed by atoms with Crippen molar-refractivity contribution >= 4 is 0 Å². The van der Waals surface area contributed by atoms with Crippen molar-refractivity contribution in [3.05, 3.63) is 0 Å². The van der Waals surface area contributed by atoms with E-state index in [2.05, 4.69) is 13.8 Å². The van der Waals surface area contributed by atoms with Crippen LogP contribution in [-0.2, 0) is 0 Å². The van der Waals surface area contributed by atoms with E-state index < -0.39 is 0 Å². The molecular formula is C14H28O2. The summed E-state index contributed by atoms with van der Waals surface area (Å²) in [5.74, 6) is 1.53. The Labute approximate surface area is 100 Å². The molecule has 2 fully saturated rings. The van der Waals surface area contributed by atoms with E-state index in [0.29, 0.717) is 0 Å². The average Bonchev–Trinajstić information content (AvgIpc) is 2.17. The van der Waals surface area contributed by atoms with E-state index in [1.807, 2.05) is 0 Å². The van der Waals surface area contributed by atoms with Crippen molar-refractivity contribution in [2.75, 3.05) is 0 Å². The predicted octanol–water partition coefficient (Wildman–Crippen LogP) is 3.11. The molecule has 0 heterocycles. The number of hydrogen-bond donors (Lipinski definition) is 2. The normalized spacial score (nSPS) is 39.8. The first kappa shape index (κ1) is 14.0. The van der Waals surface area contributed by atoms with E-state index in [0.717, 1.165) is 37.5 Å². The maximum absolute atomic E-state index is 9.08. The van der Waals surface area contributed by atoms with Gasteiger partial charge in [0, 0.05) is 0 Å². The van der Waals surface area contributed by atoms with Crippen LogP contribution in [0.1, 0.15) is 65.2 Å². The third-order valence-electron chi connectivity index (χ3n) is 3.82. The van der Waals surface area contributed by atoms with Crippen LogP contribution >= 0.6 is 0 Å². The molecule has 0 saturated heterocycles. The van der Waals surface area contributed by atoms with E-state index in [1.165, 1.54) is 25.7 Å². The smallest absolute Gasteiger partial charge is 0.0542 e. The van der Waals surface area contributed by atoms with Gasteiger partial charge in [0.05, 0.1) is 12.2 Å². The summed E-state index contributed by atoms with van der Waals surface area (Å²) in [4.78, 5) is 0. The molecule has 0 bridgehead atoms. The lowest BCUT2D eigenvalue weighted by Gasteiger charge is -2.21. The van der Waals surface area contributed by atoms with Crippen molar-refractivity contribution in [2.24, 2.45) is 11.8 Å². The minimum atomic E-state index is 0.0127. The highest BCUT2D eigenvalue weighted by Gasteiger charge is 2.15. The SMILES string of the molecule is CC1CCCC(O)C1.CC1CCCC(O)C1. The maximum Gasteiger partial charge on any atom is 0.0542 e. The summed E-state index contributed by atoms with van der Waals surface area (Å²) >= 11 is 0. The first-order valence-electron chi connectivity index (χ1n) is 6.94. The van der Waals surface area contributed by atoms with Crippen molar-refractivity contribution in [3.63, 3.8) is 0 Å². The van der Waals surface area contributed by atoms with Crippen molar-refractivity contribution < 1.29 is 10.2 Å². The van der Waals surface area contributed by atoms with Crippen LogP contribution in [0.2, 0.25) is 0 Å². The van der Waals surface area contributed by atoms with Crippen LogP contribution < -0.4 is 0 Å². The first-order chi connectivity index (χ1) is 7.58. The van der Waals surface area contributed by atoms with Crippen LogP contribution in [0.4, 0.5) is 0 Å². The molecule has 16 heavy (non-hydrogen) atoms. The minimum absolute atomic E-state index is 0.0127. The Hall–Kier alpha value is -0.0800. The van der Waals surface area contributed by atoms with Crippen LogP contribution in [0.15, 0.2) is 0 Å². The van der Waals surface area contributed by atoms with E-state index in [-0.39, 0.29) is 12.2 Å². The zero-order valence-electron chi connectivity index (χ0n) is 10.9. The molecule has 96 valence electrons. The molecule has 0 aromatic heterocycles. The van der Waals surface area contributed by atoms with Crippen LogP contribution in [0, 0.1) is 11.8 Å². The van der Waals surface area contributed by atoms with Gasteiger partial charge in [0.1, 0.15) is 0 Å². The fraction of sp³-hybridized carbons (Fsp3) is 1.00. The summed E-state index contributed by atoms with van der Waals surface area (Å²) < 4.78 is 0. The van der Waals surface area contributed by atoms with Gasteiger partial charge in [-0.25, -0.2) is 0 Å². The van der Waals surface area contributed by atoms with Crippen molar-refractivity contribution in [2.45, 2.75) is 77.4 Å². The number of rotatable bonds is 0. The van der Waals surface area contributed by atoms with Gasteiger partial charge in [-0.2, -0.15) is 0 Å². The zero-order chi connectivity index (χ0) is 12.0. The Kier molecular flexibility index (Phi) is 6.37. The number of aliphatic hydroxyl groups is 2. The molecule has 2 nitrogen and oxygen atoms in total. The average molecular weight is 228 g/mol. The second kappa shape index (κ2) is 7.29. The molecule has 0 aliphatic heterocycles. The fourth-order valence-electron chi connectivity index (χ4n) is 2.80. The lowest BCUT2D eigenvalue weighted by Crippen LogP contribution is -2.16. The summed E-state index contributed by atoms with van der Waals surface area (Å²) in [6.45, 7) is 4.42. The molecule has 4 unspecified atom stereocenters. The molecule has 2 N–H and O–H groups in total. The summed E-state index contributed by atoms with van der Waals surface area (Å²) in [5.41, 5.74) is 0. The highest BCUT2D eigenvalue weighted by Crippen LogP contribution is 2.23. The topological polar surface area (TPSA) is 40.5 Å². The van der Waals surface area contributed by atoms with Gasteiger partial charge < -0.3 is 10.2 Å². The Balaban J connectivity index is 0.000000160. The highest BCUT2D eigenvalue weighted by molar-refractivity contribution is 4.68. The van der Waals surface area contributed by atoms with Gasteiger partial charge in [0.15, 0.2) is 0 Å². The van der Waals surface area contributed by atoms with E-state index >= 15 is 0 Å². The van der Waals surface area contributed by atoms with Gasteiger partial charge >= 0.3 is 0 Å². The molecule has 0 amide bonds. The summed E-state index contributed by atoms with van der Waals surface area (Å²) in [7, 11) is 0. The molecule has 0 aromatic carbocycles. The minimum Gasteiger partial charge on any atom is -0.393 e. The van der Waals surface area contributed by atoms with Crippen LogP contribution in [0.3, 0.4) is 0 Å². The first-order valence-corrected chi connectivity index (χ1v) is 6.94. The Morgan fingerprint density at radius 2 is 1.06 bits per heavy atom. The quantitative estimate of drug-likeness (QED) is 0.669. The van der Waals surface area contributed by atoms with Gasteiger partial charge in [-0.05, 0) is 37.5 Å². The monoisotopic (exact) mass is 228 g/mol. The molecule has 2 rings (SSSR count). The van der Waals surface area contributed by atoms with Crippen LogP contribution in [0.5, 0.6) is 0 Å². The standard InChI is InChI=1S/2C7H14O/c2*1-6-3-2-4-7(8)5-6/h2*6-8H,2-5H2,1H3. The Morgan fingerprint density at radius 3 is 1.25 bits per heavy atom.